The van der Waals surface area contributed by atoms with Gasteiger partial charge in [-0.2, -0.15) is 0 Å². The van der Waals surface area contributed by atoms with Crippen molar-refractivity contribution < 1.29 is 8.78 Å². The van der Waals surface area contributed by atoms with E-state index in [0.717, 1.165) is 16.3 Å². The van der Waals surface area contributed by atoms with Crippen LogP contribution in [0.1, 0.15) is 31.2 Å². The van der Waals surface area contributed by atoms with Crippen molar-refractivity contribution in [1.29, 1.82) is 0 Å². The molecule has 0 saturated carbocycles. The highest BCUT2D eigenvalue weighted by Crippen LogP contribution is 2.27. The number of hydrogen-bond donors (Lipinski definition) is 0. The van der Waals surface area contributed by atoms with Gasteiger partial charge < -0.3 is 0 Å². The molecule has 101 valence electrons. The zero-order chi connectivity index (χ0) is 13.7. The fourth-order valence-corrected chi connectivity index (χ4v) is 2.23. The lowest BCUT2D eigenvalue weighted by atomic mass is 10.00. The first-order valence-electron chi connectivity index (χ1n) is 6.75. The van der Waals surface area contributed by atoms with Gasteiger partial charge >= 0.3 is 0 Å². The molecule has 0 fully saturated rings. The number of rotatable bonds is 6. The van der Waals surface area contributed by atoms with Crippen LogP contribution >= 0.6 is 0 Å². The number of aryl methyl sites for hydroxylation is 1. The molecule has 0 saturated heterocycles. The van der Waals surface area contributed by atoms with Gasteiger partial charge in [-0.25, -0.2) is 8.78 Å². The molecule has 2 heteroatoms. The Morgan fingerprint density at radius 1 is 0.947 bits per heavy atom. The van der Waals surface area contributed by atoms with Gasteiger partial charge in [-0.3, -0.25) is 0 Å². The summed E-state index contributed by atoms with van der Waals surface area (Å²) >= 11 is 0. The average molecular weight is 261 g/mol. The van der Waals surface area contributed by atoms with E-state index in [0.29, 0.717) is 19.3 Å². The van der Waals surface area contributed by atoms with Gasteiger partial charge in [-0.15, -0.1) is 0 Å². The van der Waals surface area contributed by atoms with E-state index in [-0.39, 0.29) is 12.8 Å². The summed E-state index contributed by atoms with van der Waals surface area (Å²) in [5.41, 5.74) is 0.980. The molecule has 0 unspecified atom stereocenters. The third kappa shape index (κ3) is 4.02. The Balaban J connectivity index is 2.01. The molecule has 0 heterocycles. The summed E-state index contributed by atoms with van der Waals surface area (Å²) in [6, 6.07) is 13.9. The maximum atomic E-state index is 13.6. The van der Waals surface area contributed by atoms with E-state index >= 15 is 0 Å². The summed E-state index contributed by atoms with van der Waals surface area (Å²) in [5, 5.41) is 2.26. The van der Waals surface area contributed by atoms with Crippen LogP contribution in [0.15, 0.2) is 42.5 Å². The summed E-state index contributed by atoms with van der Waals surface area (Å²) in [4.78, 5) is 0. The number of alkyl halides is 2. The maximum Gasteiger partial charge on any atom is 0.248 e. The fraction of sp³-hybridized carbons (Fsp3) is 0.353. The van der Waals surface area contributed by atoms with E-state index in [1.807, 2.05) is 42.5 Å². The molecule has 1 radical (unpaired) electrons. The van der Waals surface area contributed by atoms with Crippen LogP contribution in [0, 0.1) is 6.92 Å². The van der Waals surface area contributed by atoms with E-state index in [1.165, 1.54) is 0 Å². The van der Waals surface area contributed by atoms with Crippen molar-refractivity contribution in [2.75, 3.05) is 0 Å². The summed E-state index contributed by atoms with van der Waals surface area (Å²) in [6.45, 7) is 3.61. The van der Waals surface area contributed by atoms with Crippen molar-refractivity contribution >= 4 is 10.8 Å². The zero-order valence-electron chi connectivity index (χ0n) is 11.0. The minimum atomic E-state index is -2.57. The van der Waals surface area contributed by atoms with E-state index in [9.17, 15) is 8.78 Å². The monoisotopic (exact) mass is 261 g/mol. The van der Waals surface area contributed by atoms with Gasteiger partial charge in [-0.1, -0.05) is 55.8 Å². The Kier molecular flexibility index (Phi) is 4.52. The molecule has 0 spiro atoms. The lowest BCUT2D eigenvalue weighted by Crippen LogP contribution is -2.16. The van der Waals surface area contributed by atoms with Crippen LogP contribution in [0.4, 0.5) is 8.78 Å². The summed E-state index contributed by atoms with van der Waals surface area (Å²) < 4.78 is 27.2. The minimum Gasteiger partial charge on any atom is -0.207 e. The van der Waals surface area contributed by atoms with E-state index in [2.05, 4.69) is 6.92 Å². The Hall–Kier alpha value is -1.44. The van der Waals surface area contributed by atoms with Gasteiger partial charge in [0.05, 0.1) is 0 Å². The standard InChI is InChI=1S/C17H19F2/c1-2-3-11-17(18,19)12-10-14-8-9-15-6-4-5-7-16(15)13-14/h4-9,13H,1-3,10-12H2. The molecule has 19 heavy (non-hydrogen) atoms. The van der Waals surface area contributed by atoms with Gasteiger partial charge in [-0.05, 0) is 29.2 Å². The smallest absolute Gasteiger partial charge is 0.207 e. The quantitative estimate of drug-likeness (QED) is 0.652. The molecular weight excluding hydrogens is 242 g/mol. The van der Waals surface area contributed by atoms with E-state index in [4.69, 9.17) is 0 Å². The Bertz CT molecular complexity index is 532. The number of halogens is 2. The molecule has 2 aromatic rings. The highest BCUT2D eigenvalue weighted by molar-refractivity contribution is 5.82. The number of unbranched alkanes of at least 4 members (excludes halogenated alkanes) is 1. The van der Waals surface area contributed by atoms with Crippen LogP contribution < -0.4 is 0 Å². The van der Waals surface area contributed by atoms with Gasteiger partial charge in [0.2, 0.25) is 5.92 Å². The zero-order valence-corrected chi connectivity index (χ0v) is 11.0. The van der Waals surface area contributed by atoms with Crippen molar-refractivity contribution in [3.63, 3.8) is 0 Å². The molecule has 0 aliphatic rings. The third-order valence-corrected chi connectivity index (χ3v) is 3.39. The number of hydrogen-bond acceptors (Lipinski definition) is 0. The maximum absolute atomic E-state index is 13.6. The van der Waals surface area contributed by atoms with Crippen molar-refractivity contribution in [3.05, 3.63) is 55.0 Å². The van der Waals surface area contributed by atoms with Crippen molar-refractivity contribution in [1.82, 2.24) is 0 Å². The van der Waals surface area contributed by atoms with Gasteiger partial charge in [0.25, 0.3) is 0 Å². The second-order valence-corrected chi connectivity index (χ2v) is 4.99. The lowest BCUT2D eigenvalue weighted by Gasteiger charge is -2.15. The van der Waals surface area contributed by atoms with Crippen molar-refractivity contribution in [2.24, 2.45) is 0 Å². The molecule has 0 N–H and O–H groups in total. The molecule has 0 aliphatic heterocycles. The van der Waals surface area contributed by atoms with E-state index < -0.39 is 5.92 Å². The highest BCUT2D eigenvalue weighted by atomic mass is 19.3. The van der Waals surface area contributed by atoms with Crippen LogP contribution in [-0.4, -0.2) is 5.92 Å². The predicted molar refractivity (Wildman–Crippen MR) is 76.4 cm³/mol. The highest BCUT2D eigenvalue weighted by Gasteiger charge is 2.27. The fourth-order valence-electron chi connectivity index (χ4n) is 2.23. The molecule has 2 rings (SSSR count). The minimum absolute atomic E-state index is 0.0515. The Morgan fingerprint density at radius 2 is 1.68 bits per heavy atom. The summed E-state index contributed by atoms with van der Waals surface area (Å²) in [5.74, 6) is -2.57. The third-order valence-electron chi connectivity index (χ3n) is 3.39. The summed E-state index contributed by atoms with van der Waals surface area (Å²) in [6.07, 6.45) is 1.36. The molecule has 0 aromatic heterocycles. The topological polar surface area (TPSA) is 0 Å². The van der Waals surface area contributed by atoms with Crippen LogP contribution in [0.3, 0.4) is 0 Å². The van der Waals surface area contributed by atoms with Crippen LogP contribution in [-0.2, 0) is 6.42 Å². The molecule has 0 bridgehead atoms. The first-order valence-corrected chi connectivity index (χ1v) is 6.75. The van der Waals surface area contributed by atoms with Crippen molar-refractivity contribution in [3.8, 4) is 0 Å². The average Bonchev–Trinajstić information content (AvgIpc) is 2.43. The molecule has 2 aromatic carbocycles. The van der Waals surface area contributed by atoms with Crippen LogP contribution in [0.25, 0.3) is 10.8 Å². The molecular formula is C17H19F2. The second-order valence-electron chi connectivity index (χ2n) is 4.99. The van der Waals surface area contributed by atoms with Crippen molar-refractivity contribution in [2.45, 2.75) is 38.0 Å². The molecule has 0 nitrogen and oxygen atoms in total. The van der Waals surface area contributed by atoms with Gasteiger partial charge in [0, 0.05) is 12.8 Å². The summed E-state index contributed by atoms with van der Waals surface area (Å²) in [7, 11) is 0. The molecule has 0 aliphatic carbocycles. The molecule has 0 atom stereocenters. The predicted octanol–water partition coefficient (Wildman–Crippen LogP) is 5.41. The van der Waals surface area contributed by atoms with Gasteiger partial charge in [0.15, 0.2) is 0 Å². The SMILES string of the molecule is [CH2]CCCC(F)(F)CCc1ccc2ccccc2c1. The largest absolute Gasteiger partial charge is 0.248 e. The van der Waals surface area contributed by atoms with Crippen LogP contribution in [0.5, 0.6) is 0 Å². The first kappa shape index (κ1) is 14.0. The Morgan fingerprint density at radius 3 is 2.42 bits per heavy atom. The van der Waals surface area contributed by atoms with Crippen LogP contribution in [0.2, 0.25) is 0 Å². The first-order chi connectivity index (χ1) is 9.11. The van der Waals surface area contributed by atoms with E-state index in [1.54, 1.807) is 0 Å². The normalized spacial score (nSPS) is 11.9. The lowest BCUT2D eigenvalue weighted by molar-refractivity contribution is -0.0173. The second kappa shape index (κ2) is 6.14. The van der Waals surface area contributed by atoms with Gasteiger partial charge in [0.1, 0.15) is 0 Å². The number of benzene rings is 2. The molecule has 0 amide bonds. The number of fused-ring (bicyclic) bond motifs is 1. The Labute approximate surface area is 113 Å².